The quantitative estimate of drug-likeness (QED) is 0.804. The fourth-order valence-corrected chi connectivity index (χ4v) is 2.90. The molecule has 0 spiro atoms. The fourth-order valence-electron chi connectivity index (χ4n) is 2.90. The van der Waals surface area contributed by atoms with E-state index in [1.807, 2.05) is 25.1 Å². The molecule has 0 saturated carbocycles. The van der Waals surface area contributed by atoms with Crippen LogP contribution in [0.25, 0.3) is 16.9 Å². The lowest BCUT2D eigenvalue weighted by Gasteiger charge is -2.07. The summed E-state index contributed by atoms with van der Waals surface area (Å²) in [4.78, 5) is 16.6. The van der Waals surface area contributed by atoms with Crippen LogP contribution in [0.2, 0.25) is 0 Å². The average Bonchev–Trinajstić information content (AvgIpc) is 2.90. The van der Waals surface area contributed by atoms with E-state index in [1.54, 1.807) is 7.05 Å². The van der Waals surface area contributed by atoms with E-state index in [4.69, 9.17) is 4.98 Å². The molecule has 0 radical (unpaired) electrons. The Bertz CT molecular complexity index is 893. The van der Waals surface area contributed by atoms with Crippen LogP contribution in [-0.2, 0) is 6.42 Å². The van der Waals surface area contributed by atoms with Gasteiger partial charge in [-0.05, 0) is 55.7 Å². The van der Waals surface area contributed by atoms with Gasteiger partial charge in [-0.1, -0.05) is 13.0 Å². The summed E-state index contributed by atoms with van der Waals surface area (Å²) in [6.45, 7) is 6.24. The molecule has 0 aliphatic rings. The number of pyridine rings is 1. The average molecular weight is 307 g/mol. The van der Waals surface area contributed by atoms with Crippen LogP contribution < -0.4 is 5.32 Å². The van der Waals surface area contributed by atoms with Crippen LogP contribution in [0.4, 0.5) is 0 Å². The minimum Gasteiger partial charge on any atom is -0.355 e. The third-order valence-corrected chi connectivity index (χ3v) is 4.31. The van der Waals surface area contributed by atoms with Gasteiger partial charge in [-0.3, -0.25) is 4.79 Å². The van der Waals surface area contributed by atoms with E-state index in [0.29, 0.717) is 5.56 Å². The van der Waals surface area contributed by atoms with Crippen molar-refractivity contribution < 1.29 is 4.79 Å². The molecule has 118 valence electrons. The Hall–Kier alpha value is -2.62. The Morgan fingerprint density at radius 2 is 2.00 bits per heavy atom. The molecule has 0 aliphatic carbocycles. The van der Waals surface area contributed by atoms with Crippen LogP contribution >= 0.6 is 0 Å². The van der Waals surface area contributed by atoms with E-state index >= 15 is 0 Å². The van der Waals surface area contributed by atoms with Crippen molar-refractivity contribution in [2.24, 2.45) is 0 Å². The number of carbonyl (C=O) groups excluding carboxylic acids is 1. The molecule has 2 aromatic heterocycles. The van der Waals surface area contributed by atoms with Gasteiger partial charge in [0.25, 0.3) is 5.91 Å². The van der Waals surface area contributed by atoms with Crippen molar-refractivity contribution in [2.75, 3.05) is 7.05 Å². The molecule has 0 aliphatic heterocycles. The van der Waals surface area contributed by atoms with Crippen LogP contribution in [-0.4, -0.2) is 22.3 Å². The summed E-state index contributed by atoms with van der Waals surface area (Å²) < 4.78 is 2.11. The fraction of sp³-hybridized carbons (Fsp3) is 0.263. The summed E-state index contributed by atoms with van der Waals surface area (Å²) in [7, 11) is 1.64. The number of benzene rings is 1. The molecule has 3 aromatic rings. The molecule has 4 heteroatoms. The highest BCUT2D eigenvalue weighted by Crippen LogP contribution is 2.28. The summed E-state index contributed by atoms with van der Waals surface area (Å²) in [5, 5.41) is 2.65. The van der Waals surface area contributed by atoms with Crippen LogP contribution in [0.3, 0.4) is 0 Å². The van der Waals surface area contributed by atoms with Crippen LogP contribution in [0, 0.1) is 13.8 Å². The number of amides is 1. The van der Waals surface area contributed by atoms with E-state index in [0.717, 1.165) is 34.6 Å². The summed E-state index contributed by atoms with van der Waals surface area (Å²) >= 11 is 0. The molecule has 1 N–H and O–H groups in total. The van der Waals surface area contributed by atoms with Gasteiger partial charge in [0.2, 0.25) is 0 Å². The van der Waals surface area contributed by atoms with Crippen LogP contribution in [0.5, 0.6) is 0 Å². The number of hydrogen-bond acceptors (Lipinski definition) is 2. The predicted octanol–water partition coefficient (Wildman–Crippen LogP) is 3.54. The first-order valence-corrected chi connectivity index (χ1v) is 7.85. The SMILES string of the molecule is CCc1ccn2c(C)c(-c3ccc(C(=O)NC)cc3C)nc2c1. The van der Waals surface area contributed by atoms with Gasteiger partial charge in [0, 0.05) is 30.1 Å². The Labute approximate surface area is 136 Å². The van der Waals surface area contributed by atoms with Gasteiger partial charge >= 0.3 is 0 Å². The topological polar surface area (TPSA) is 46.4 Å². The van der Waals surface area contributed by atoms with E-state index in [-0.39, 0.29) is 5.91 Å². The maximum atomic E-state index is 11.8. The third-order valence-electron chi connectivity index (χ3n) is 4.31. The summed E-state index contributed by atoms with van der Waals surface area (Å²) in [5.74, 6) is -0.0704. The van der Waals surface area contributed by atoms with Crippen LogP contribution in [0.15, 0.2) is 36.5 Å². The molecule has 2 heterocycles. The molecule has 0 unspecified atom stereocenters. The Morgan fingerprint density at radius 3 is 2.65 bits per heavy atom. The second kappa shape index (κ2) is 5.88. The molecule has 1 aromatic carbocycles. The van der Waals surface area contributed by atoms with Gasteiger partial charge in [0.05, 0.1) is 5.69 Å². The van der Waals surface area contributed by atoms with E-state index in [9.17, 15) is 4.79 Å². The first-order chi connectivity index (χ1) is 11.0. The molecule has 0 saturated heterocycles. The lowest BCUT2D eigenvalue weighted by molar-refractivity contribution is 0.0963. The van der Waals surface area contributed by atoms with Gasteiger partial charge in [-0.2, -0.15) is 0 Å². The minimum absolute atomic E-state index is 0.0704. The minimum atomic E-state index is -0.0704. The van der Waals surface area contributed by atoms with Crippen molar-refractivity contribution in [1.82, 2.24) is 14.7 Å². The van der Waals surface area contributed by atoms with Crippen molar-refractivity contribution in [2.45, 2.75) is 27.2 Å². The Kier molecular flexibility index (Phi) is 3.90. The number of aromatic nitrogens is 2. The summed E-state index contributed by atoms with van der Waals surface area (Å²) in [6.07, 6.45) is 3.08. The zero-order valence-electron chi connectivity index (χ0n) is 14.0. The largest absolute Gasteiger partial charge is 0.355 e. The summed E-state index contributed by atoms with van der Waals surface area (Å²) in [6, 6.07) is 10.0. The monoisotopic (exact) mass is 307 g/mol. The van der Waals surface area contributed by atoms with E-state index in [1.165, 1.54) is 5.56 Å². The molecular weight excluding hydrogens is 286 g/mol. The van der Waals surface area contributed by atoms with Crippen molar-refractivity contribution >= 4 is 11.6 Å². The molecule has 0 bridgehead atoms. The molecule has 0 fully saturated rings. The molecule has 23 heavy (non-hydrogen) atoms. The van der Waals surface area contributed by atoms with Gasteiger partial charge in [0.1, 0.15) is 5.65 Å². The normalized spacial score (nSPS) is 11.0. The molecule has 0 atom stereocenters. The van der Waals surface area contributed by atoms with Crippen molar-refractivity contribution in [3.63, 3.8) is 0 Å². The van der Waals surface area contributed by atoms with E-state index < -0.39 is 0 Å². The number of fused-ring (bicyclic) bond motifs is 1. The Balaban J connectivity index is 2.13. The molecule has 4 nitrogen and oxygen atoms in total. The van der Waals surface area contributed by atoms with Crippen molar-refractivity contribution in [1.29, 1.82) is 0 Å². The second-order valence-electron chi connectivity index (χ2n) is 5.77. The number of rotatable bonds is 3. The maximum absolute atomic E-state index is 11.8. The number of nitrogens with one attached hydrogen (secondary N) is 1. The number of nitrogens with zero attached hydrogens (tertiary/aromatic N) is 2. The maximum Gasteiger partial charge on any atom is 0.251 e. The predicted molar refractivity (Wildman–Crippen MR) is 92.9 cm³/mol. The molecular formula is C19H21N3O. The zero-order valence-corrected chi connectivity index (χ0v) is 14.0. The lowest BCUT2D eigenvalue weighted by atomic mass is 10.0. The first kappa shape index (κ1) is 15.3. The molecule has 3 rings (SSSR count). The van der Waals surface area contributed by atoms with Crippen molar-refractivity contribution in [3.05, 3.63) is 58.9 Å². The first-order valence-electron chi connectivity index (χ1n) is 7.85. The summed E-state index contributed by atoms with van der Waals surface area (Å²) in [5.41, 5.74) is 7.11. The zero-order chi connectivity index (χ0) is 16.6. The van der Waals surface area contributed by atoms with E-state index in [2.05, 4.69) is 41.9 Å². The van der Waals surface area contributed by atoms with Gasteiger partial charge in [0.15, 0.2) is 0 Å². The van der Waals surface area contributed by atoms with Gasteiger partial charge in [-0.15, -0.1) is 0 Å². The second-order valence-corrected chi connectivity index (χ2v) is 5.77. The smallest absolute Gasteiger partial charge is 0.251 e. The van der Waals surface area contributed by atoms with Gasteiger partial charge < -0.3 is 9.72 Å². The highest BCUT2D eigenvalue weighted by atomic mass is 16.1. The Morgan fingerprint density at radius 1 is 1.22 bits per heavy atom. The standard InChI is InChI=1S/C19H21N3O/c1-5-14-8-9-22-13(3)18(21-17(22)11-14)16-7-6-15(10-12(16)2)19(23)20-4/h6-11H,5H2,1-4H3,(H,20,23). The highest BCUT2D eigenvalue weighted by Gasteiger charge is 2.14. The number of hydrogen-bond donors (Lipinski definition) is 1. The molecule has 1 amide bonds. The highest BCUT2D eigenvalue weighted by molar-refractivity contribution is 5.94. The number of imidazole rings is 1. The number of carbonyl (C=O) groups is 1. The van der Waals surface area contributed by atoms with Crippen LogP contribution in [0.1, 0.15) is 34.1 Å². The van der Waals surface area contributed by atoms with Crippen molar-refractivity contribution in [3.8, 4) is 11.3 Å². The number of aryl methyl sites for hydroxylation is 3. The lowest BCUT2D eigenvalue weighted by Crippen LogP contribution is -2.17. The third kappa shape index (κ3) is 2.61. The van der Waals surface area contributed by atoms with Gasteiger partial charge in [-0.25, -0.2) is 4.98 Å².